The summed E-state index contributed by atoms with van der Waals surface area (Å²) in [4.78, 5) is 53.1. The average Bonchev–Trinajstić information content (AvgIpc) is 3.31. The third-order valence-corrected chi connectivity index (χ3v) is 5.63. The van der Waals surface area contributed by atoms with Gasteiger partial charge in [0.2, 0.25) is 11.8 Å². The number of aromatic amines is 1. The van der Waals surface area contributed by atoms with Crippen molar-refractivity contribution in [2.75, 3.05) is 5.32 Å². The Labute approximate surface area is 175 Å². The van der Waals surface area contributed by atoms with Crippen molar-refractivity contribution < 1.29 is 23.6 Å². The predicted octanol–water partition coefficient (Wildman–Crippen LogP) is 2.32. The minimum absolute atomic E-state index is 0.183. The molecule has 8 nitrogen and oxygen atoms in total. The van der Waals surface area contributed by atoms with Gasteiger partial charge in [0.15, 0.2) is 0 Å². The number of carbonyl (C=O) groups is 4. The van der Waals surface area contributed by atoms with Gasteiger partial charge < -0.3 is 15.2 Å². The maximum absolute atomic E-state index is 13.9. The minimum atomic E-state index is -0.697. The van der Waals surface area contributed by atoms with Gasteiger partial charge >= 0.3 is 0 Å². The van der Waals surface area contributed by atoms with Crippen molar-refractivity contribution >= 4 is 40.2 Å². The van der Waals surface area contributed by atoms with Crippen LogP contribution in [0.15, 0.2) is 42.5 Å². The van der Waals surface area contributed by atoms with Crippen LogP contribution in [-0.2, 0) is 16.1 Å². The molecule has 156 valence electrons. The van der Waals surface area contributed by atoms with Crippen LogP contribution >= 0.6 is 0 Å². The molecule has 1 saturated heterocycles. The highest BCUT2D eigenvalue weighted by Crippen LogP contribution is 2.29. The lowest BCUT2D eigenvalue weighted by atomic mass is 10.0. The topological polar surface area (TPSA) is 111 Å². The Morgan fingerprint density at radius 3 is 2.74 bits per heavy atom. The van der Waals surface area contributed by atoms with Gasteiger partial charge in [0.25, 0.3) is 11.8 Å². The lowest BCUT2D eigenvalue weighted by Crippen LogP contribution is -2.52. The number of nitrogens with one attached hydrogen (secondary N) is 3. The summed E-state index contributed by atoms with van der Waals surface area (Å²) >= 11 is 0. The first-order valence-corrected chi connectivity index (χ1v) is 9.77. The number of aromatic nitrogens is 1. The minimum Gasteiger partial charge on any atom is -0.348 e. The SMILES string of the molecule is O=C1CCC(N2Cc3cc(NC(=O)c4cc5cccc(F)c5[nH]4)ccc3C2=O)C(=O)N1. The molecule has 9 heteroatoms. The number of hydrogen-bond donors (Lipinski definition) is 3. The van der Waals surface area contributed by atoms with Crippen LogP contribution in [0.25, 0.3) is 10.9 Å². The van der Waals surface area contributed by atoms with Crippen molar-refractivity contribution in [3.8, 4) is 0 Å². The van der Waals surface area contributed by atoms with E-state index in [1.807, 2.05) is 0 Å². The molecule has 3 N–H and O–H groups in total. The van der Waals surface area contributed by atoms with Crippen molar-refractivity contribution in [1.82, 2.24) is 15.2 Å². The van der Waals surface area contributed by atoms with Crippen LogP contribution in [-0.4, -0.2) is 39.6 Å². The summed E-state index contributed by atoms with van der Waals surface area (Å²) in [7, 11) is 0. The molecule has 0 radical (unpaired) electrons. The zero-order chi connectivity index (χ0) is 21.7. The van der Waals surface area contributed by atoms with E-state index in [1.54, 1.807) is 36.4 Å². The number of amides is 4. The van der Waals surface area contributed by atoms with Crippen molar-refractivity contribution in [2.45, 2.75) is 25.4 Å². The maximum Gasteiger partial charge on any atom is 0.272 e. The van der Waals surface area contributed by atoms with E-state index >= 15 is 0 Å². The Balaban J connectivity index is 1.35. The number of imide groups is 1. The third-order valence-electron chi connectivity index (χ3n) is 5.63. The van der Waals surface area contributed by atoms with Crippen LogP contribution in [0.4, 0.5) is 10.1 Å². The average molecular weight is 420 g/mol. The summed E-state index contributed by atoms with van der Waals surface area (Å²) in [6.45, 7) is 0.210. The lowest BCUT2D eigenvalue weighted by Gasteiger charge is -2.29. The number of halogens is 1. The second-order valence-corrected chi connectivity index (χ2v) is 7.61. The second kappa shape index (κ2) is 7.05. The summed E-state index contributed by atoms with van der Waals surface area (Å²) in [5.41, 5.74) is 2.07. The highest BCUT2D eigenvalue weighted by atomic mass is 19.1. The molecule has 3 heterocycles. The molecule has 2 aliphatic rings. The number of nitrogens with zero attached hydrogens (tertiary/aromatic N) is 1. The molecular weight excluding hydrogens is 403 g/mol. The van der Waals surface area contributed by atoms with Crippen molar-refractivity contribution in [3.05, 3.63) is 65.1 Å². The number of para-hydroxylation sites is 1. The Morgan fingerprint density at radius 2 is 1.97 bits per heavy atom. The molecule has 2 aliphatic heterocycles. The van der Waals surface area contributed by atoms with Crippen LogP contribution < -0.4 is 10.6 Å². The van der Waals surface area contributed by atoms with E-state index in [0.29, 0.717) is 22.2 Å². The van der Waals surface area contributed by atoms with E-state index in [1.165, 1.54) is 11.0 Å². The first kappa shape index (κ1) is 19.0. The molecule has 3 aromatic rings. The number of fused-ring (bicyclic) bond motifs is 2. The summed E-state index contributed by atoms with van der Waals surface area (Å²) in [6.07, 6.45) is 0.466. The first-order valence-electron chi connectivity index (χ1n) is 9.77. The quantitative estimate of drug-likeness (QED) is 0.565. The van der Waals surface area contributed by atoms with E-state index < -0.39 is 23.7 Å². The Hall–Kier alpha value is -4.01. The Morgan fingerprint density at radius 1 is 1.13 bits per heavy atom. The van der Waals surface area contributed by atoms with Crippen molar-refractivity contribution in [3.63, 3.8) is 0 Å². The van der Waals surface area contributed by atoms with Crippen LogP contribution in [0.2, 0.25) is 0 Å². The zero-order valence-corrected chi connectivity index (χ0v) is 16.2. The molecule has 2 aromatic carbocycles. The smallest absolute Gasteiger partial charge is 0.272 e. The molecule has 0 saturated carbocycles. The van der Waals surface area contributed by atoms with Crippen LogP contribution in [0.1, 0.15) is 39.3 Å². The number of rotatable bonds is 3. The van der Waals surface area contributed by atoms with Gasteiger partial charge in [-0.25, -0.2) is 4.39 Å². The lowest BCUT2D eigenvalue weighted by molar-refractivity contribution is -0.136. The van der Waals surface area contributed by atoms with E-state index in [-0.39, 0.29) is 42.4 Å². The van der Waals surface area contributed by atoms with Gasteiger partial charge in [-0.15, -0.1) is 0 Å². The maximum atomic E-state index is 13.9. The van der Waals surface area contributed by atoms with Crippen molar-refractivity contribution in [1.29, 1.82) is 0 Å². The molecule has 1 aromatic heterocycles. The third kappa shape index (κ3) is 3.24. The molecule has 31 heavy (non-hydrogen) atoms. The fourth-order valence-electron chi connectivity index (χ4n) is 4.09. The molecule has 1 fully saturated rings. The summed E-state index contributed by atoms with van der Waals surface area (Å²) in [5, 5.41) is 5.60. The van der Waals surface area contributed by atoms with Crippen LogP contribution in [0.5, 0.6) is 0 Å². The van der Waals surface area contributed by atoms with E-state index in [4.69, 9.17) is 0 Å². The van der Waals surface area contributed by atoms with Crippen LogP contribution in [0.3, 0.4) is 0 Å². The van der Waals surface area contributed by atoms with Gasteiger partial charge in [-0.05, 0) is 42.3 Å². The van der Waals surface area contributed by atoms with Gasteiger partial charge in [-0.3, -0.25) is 24.5 Å². The number of hydrogen-bond acceptors (Lipinski definition) is 4. The van der Waals surface area contributed by atoms with Gasteiger partial charge in [0.05, 0.1) is 5.52 Å². The highest BCUT2D eigenvalue weighted by molar-refractivity contribution is 6.07. The van der Waals surface area contributed by atoms with Gasteiger partial charge in [-0.1, -0.05) is 12.1 Å². The number of anilines is 1. The molecule has 0 aliphatic carbocycles. The second-order valence-electron chi connectivity index (χ2n) is 7.61. The zero-order valence-electron chi connectivity index (χ0n) is 16.2. The number of benzene rings is 2. The van der Waals surface area contributed by atoms with Crippen LogP contribution in [0, 0.1) is 5.82 Å². The molecule has 0 spiro atoms. The Kier molecular flexibility index (Phi) is 4.32. The standard InChI is InChI=1S/C22H17FN4O4/c23-15-3-1-2-11-9-16(25-19(11)15)20(29)24-13-4-5-14-12(8-13)10-27(22(14)31)17-6-7-18(28)26-21(17)30/h1-5,8-9,17,25H,6-7,10H2,(H,24,29)(H,26,28,30). The highest BCUT2D eigenvalue weighted by Gasteiger charge is 2.39. The number of piperidine rings is 1. The molecular formula is C22H17FN4O4. The fraction of sp³-hybridized carbons (Fsp3) is 0.182. The van der Waals surface area contributed by atoms with Gasteiger partial charge in [0.1, 0.15) is 17.6 Å². The van der Waals surface area contributed by atoms with E-state index in [0.717, 1.165) is 0 Å². The summed E-state index contributed by atoms with van der Waals surface area (Å²) < 4.78 is 13.9. The molecule has 5 rings (SSSR count). The summed E-state index contributed by atoms with van der Waals surface area (Å²) in [6, 6.07) is 10.3. The molecule has 0 bridgehead atoms. The molecule has 1 unspecified atom stereocenters. The molecule has 4 amide bonds. The van der Waals surface area contributed by atoms with Gasteiger partial charge in [0, 0.05) is 29.6 Å². The largest absolute Gasteiger partial charge is 0.348 e. The van der Waals surface area contributed by atoms with Gasteiger partial charge in [-0.2, -0.15) is 0 Å². The normalized spacial score (nSPS) is 18.3. The molecule has 1 atom stereocenters. The predicted molar refractivity (Wildman–Crippen MR) is 109 cm³/mol. The first-order chi connectivity index (χ1) is 14.9. The number of H-pyrrole nitrogens is 1. The number of carbonyl (C=O) groups excluding carboxylic acids is 4. The monoisotopic (exact) mass is 420 g/mol. The summed E-state index contributed by atoms with van der Waals surface area (Å²) in [5.74, 6) is -1.99. The Bertz CT molecular complexity index is 1280. The van der Waals surface area contributed by atoms with Crippen molar-refractivity contribution in [2.24, 2.45) is 0 Å². The fourth-order valence-corrected chi connectivity index (χ4v) is 4.09. The van der Waals surface area contributed by atoms with E-state index in [2.05, 4.69) is 15.6 Å². The van der Waals surface area contributed by atoms with E-state index in [9.17, 15) is 23.6 Å².